The zero-order valence-corrected chi connectivity index (χ0v) is 15.8. The molecule has 3 rings (SSSR count). The first-order valence-corrected chi connectivity index (χ1v) is 9.40. The summed E-state index contributed by atoms with van der Waals surface area (Å²) in [6.07, 6.45) is 2.24. The summed E-state index contributed by atoms with van der Waals surface area (Å²) in [7, 11) is 3.99. The molecule has 5 nitrogen and oxygen atoms in total. The first-order valence-electron chi connectivity index (χ1n) is 9.40. The number of carbonyl (C=O) groups excluding carboxylic acids is 1. The van der Waals surface area contributed by atoms with Gasteiger partial charge in [0.05, 0.1) is 0 Å². The maximum Gasteiger partial charge on any atom is 0.244 e. The number of ether oxygens (including phenoxy) is 1. The van der Waals surface area contributed by atoms with Crippen LogP contribution in [0.1, 0.15) is 30.0 Å². The van der Waals surface area contributed by atoms with E-state index in [1.807, 2.05) is 36.0 Å². The van der Waals surface area contributed by atoms with Gasteiger partial charge in [0.2, 0.25) is 5.91 Å². The maximum absolute atomic E-state index is 13.2. The molecule has 0 spiro atoms. The zero-order valence-electron chi connectivity index (χ0n) is 15.8. The number of amides is 1. The number of carbonyl (C=O) groups is 1. The van der Waals surface area contributed by atoms with Crippen molar-refractivity contribution < 1.29 is 9.53 Å². The Morgan fingerprint density at radius 1 is 1.12 bits per heavy atom. The predicted molar refractivity (Wildman–Crippen MR) is 99.6 cm³/mol. The quantitative estimate of drug-likeness (QED) is 0.835. The van der Waals surface area contributed by atoms with Crippen LogP contribution in [0.15, 0.2) is 24.3 Å². The molecule has 2 fully saturated rings. The molecular formula is C20H31N3O2. The van der Waals surface area contributed by atoms with Gasteiger partial charge in [-0.15, -0.1) is 0 Å². The number of nitrogens with zero attached hydrogens (tertiary/aromatic N) is 3. The number of hydrogen-bond acceptors (Lipinski definition) is 4. The number of likely N-dealkylation sites (N-methyl/N-ethyl adjacent to an activating group) is 1. The molecule has 2 saturated heterocycles. The maximum atomic E-state index is 13.2. The van der Waals surface area contributed by atoms with Gasteiger partial charge in [-0.1, -0.05) is 24.3 Å². The van der Waals surface area contributed by atoms with Crippen LogP contribution >= 0.6 is 0 Å². The third kappa shape index (κ3) is 4.22. The van der Waals surface area contributed by atoms with Crippen LogP contribution < -0.4 is 0 Å². The summed E-state index contributed by atoms with van der Waals surface area (Å²) in [6, 6.07) is 8.65. The molecule has 0 bridgehead atoms. The minimum atomic E-state index is -0.198. The third-order valence-electron chi connectivity index (χ3n) is 5.57. The number of rotatable bonds is 4. The molecule has 0 saturated carbocycles. The Kier molecular flexibility index (Phi) is 6.10. The van der Waals surface area contributed by atoms with Crippen molar-refractivity contribution in [1.29, 1.82) is 0 Å². The molecule has 0 aliphatic carbocycles. The van der Waals surface area contributed by atoms with E-state index >= 15 is 0 Å². The van der Waals surface area contributed by atoms with Gasteiger partial charge in [0.25, 0.3) is 0 Å². The van der Waals surface area contributed by atoms with Crippen molar-refractivity contribution in [1.82, 2.24) is 14.7 Å². The minimum absolute atomic E-state index is 0.198. The molecule has 5 heteroatoms. The summed E-state index contributed by atoms with van der Waals surface area (Å²) in [5.74, 6) is 0.228. The fourth-order valence-electron chi connectivity index (χ4n) is 4.06. The lowest BCUT2D eigenvalue weighted by Gasteiger charge is -2.42. The van der Waals surface area contributed by atoms with E-state index in [1.165, 1.54) is 5.56 Å². The van der Waals surface area contributed by atoms with Crippen molar-refractivity contribution >= 4 is 5.91 Å². The van der Waals surface area contributed by atoms with Gasteiger partial charge < -0.3 is 9.64 Å². The first kappa shape index (κ1) is 18.4. The summed E-state index contributed by atoms with van der Waals surface area (Å²) < 4.78 is 5.47. The molecule has 2 aliphatic rings. The van der Waals surface area contributed by atoms with Crippen LogP contribution in [-0.4, -0.2) is 80.1 Å². The van der Waals surface area contributed by atoms with E-state index in [2.05, 4.69) is 24.0 Å². The van der Waals surface area contributed by atoms with E-state index in [9.17, 15) is 4.79 Å². The molecule has 1 aromatic carbocycles. The molecule has 138 valence electrons. The second-order valence-corrected chi connectivity index (χ2v) is 7.43. The molecule has 0 aromatic heterocycles. The number of piperazine rings is 1. The Labute approximate surface area is 151 Å². The van der Waals surface area contributed by atoms with Crippen LogP contribution in [0.2, 0.25) is 0 Å². The van der Waals surface area contributed by atoms with Gasteiger partial charge in [0.1, 0.15) is 6.04 Å². The van der Waals surface area contributed by atoms with Crippen LogP contribution in [0, 0.1) is 6.92 Å². The molecule has 0 N–H and O–H groups in total. The van der Waals surface area contributed by atoms with Crippen LogP contribution in [0.3, 0.4) is 0 Å². The third-order valence-corrected chi connectivity index (χ3v) is 5.57. The summed E-state index contributed by atoms with van der Waals surface area (Å²) in [6.45, 7) is 7.44. The summed E-state index contributed by atoms with van der Waals surface area (Å²) >= 11 is 0. The molecule has 1 aromatic rings. The van der Waals surface area contributed by atoms with Crippen molar-refractivity contribution in [3.8, 4) is 0 Å². The highest BCUT2D eigenvalue weighted by Crippen LogP contribution is 2.25. The predicted octanol–water partition coefficient (Wildman–Crippen LogP) is 1.92. The molecule has 25 heavy (non-hydrogen) atoms. The standard InChI is InChI=1S/C20H31N3O2/c1-16-6-4-5-7-18(16)19(21(2)3)20(24)23-12-10-22(11-13-23)17-8-14-25-15-9-17/h4-7,17,19H,8-15H2,1-3H3/t19-/m0/s1. The van der Waals surface area contributed by atoms with Crippen molar-refractivity contribution in [3.05, 3.63) is 35.4 Å². The van der Waals surface area contributed by atoms with Gasteiger partial charge in [-0.3, -0.25) is 14.6 Å². The van der Waals surface area contributed by atoms with E-state index in [-0.39, 0.29) is 11.9 Å². The lowest BCUT2D eigenvalue weighted by atomic mass is 9.99. The van der Waals surface area contributed by atoms with E-state index in [4.69, 9.17) is 4.74 Å². The van der Waals surface area contributed by atoms with Crippen molar-refractivity contribution in [3.63, 3.8) is 0 Å². The van der Waals surface area contributed by atoms with Gasteiger partial charge in [0.15, 0.2) is 0 Å². The number of hydrogen-bond donors (Lipinski definition) is 0. The summed E-state index contributed by atoms with van der Waals surface area (Å²) in [4.78, 5) is 19.9. The monoisotopic (exact) mass is 345 g/mol. The molecule has 0 unspecified atom stereocenters. The van der Waals surface area contributed by atoms with E-state index in [1.54, 1.807) is 0 Å². The molecule has 0 radical (unpaired) electrons. The lowest BCUT2D eigenvalue weighted by Crippen LogP contribution is -2.54. The van der Waals surface area contributed by atoms with Crippen LogP contribution in [0.25, 0.3) is 0 Å². The van der Waals surface area contributed by atoms with Crippen LogP contribution in [0.5, 0.6) is 0 Å². The minimum Gasteiger partial charge on any atom is -0.381 e. The Morgan fingerprint density at radius 2 is 1.76 bits per heavy atom. The second kappa shape index (κ2) is 8.30. The number of benzene rings is 1. The molecule has 2 heterocycles. The van der Waals surface area contributed by atoms with Crippen LogP contribution in [0.4, 0.5) is 0 Å². The molecule has 1 atom stereocenters. The highest BCUT2D eigenvalue weighted by atomic mass is 16.5. The normalized spacial score (nSPS) is 21.5. The topological polar surface area (TPSA) is 36.0 Å². The second-order valence-electron chi connectivity index (χ2n) is 7.43. The van der Waals surface area contributed by atoms with Crippen molar-refractivity contribution in [2.75, 3.05) is 53.5 Å². The van der Waals surface area contributed by atoms with Gasteiger partial charge >= 0.3 is 0 Å². The Morgan fingerprint density at radius 3 is 2.36 bits per heavy atom. The summed E-state index contributed by atoms with van der Waals surface area (Å²) in [5, 5.41) is 0. The molecular weight excluding hydrogens is 314 g/mol. The zero-order chi connectivity index (χ0) is 17.8. The first-order chi connectivity index (χ1) is 12.1. The van der Waals surface area contributed by atoms with Gasteiger partial charge in [0, 0.05) is 45.4 Å². The highest BCUT2D eigenvalue weighted by Gasteiger charge is 2.32. The van der Waals surface area contributed by atoms with E-state index < -0.39 is 0 Å². The van der Waals surface area contributed by atoms with Crippen LogP contribution in [-0.2, 0) is 9.53 Å². The van der Waals surface area contributed by atoms with Gasteiger partial charge in [-0.2, -0.15) is 0 Å². The van der Waals surface area contributed by atoms with Crippen molar-refractivity contribution in [2.24, 2.45) is 0 Å². The largest absolute Gasteiger partial charge is 0.381 e. The van der Waals surface area contributed by atoms with Gasteiger partial charge in [-0.25, -0.2) is 0 Å². The highest BCUT2D eigenvalue weighted by molar-refractivity contribution is 5.83. The lowest BCUT2D eigenvalue weighted by molar-refractivity contribution is -0.138. The summed E-state index contributed by atoms with van der Waals surface area (Å²) in [5.41, 5.74) is 2.29. The van der Waals surface area contributed by atoms with E-state index in [0.29, 0.717) is 6.04 Å². The van der Waals surface area contributed by atoms with E-state index in [0.717, 1.165) is 57.8 Å². The fourth-order valence-corrected chi connectivity index (χ4v) is 4.06. The number of aryl methyl sites for hydroxylation is 1. The fraction of sp³-hybridized carbons (Fsp3) is 0.650. The molecule has 2 aliphatic heterocycles. The Balaban J connectivity index is 1.65. The SMILES string of the molecule is Cc1ccccc1[C@@H](C(=O)N1CCN(C2CCOCC2)CC1)N(C)C. The Hall–Kier alpha value is -1.43. The average Bonchev–Trinajstić information content (AvgIpc) is 2.64. The smallest absolute Gasteiger partial charge is 0.244 e. The molecule has 1 amide bonds. The Bertz CT molecular complexity index is 576. The van der Waals surface area contributed by atoms with Gasteiger partial charge in [-0.05, 0) is 45.0 Å². The van der Waals surface area contributed by atoms with Crippen molar-refractivity contribution in [2.45, 2.75) is 31.8 Å². The average molecular weight is 345 g/mol.